The van der Waals surface area contributed by atoms with E-state index in [-0.39, 0.29) is 5.91 Å². The van der Waals surface area contributed by atoms with Crippen molar-refractivity contribution in [1.29, 1.82) is 0 Å². The molecular formula is C12H16N2O2S. The number of hydrogen-bond acceptors (Lipinski definition) is 3. The molecule has 0 aliphatic rings. The summed E-state index contributed by atoms with van der Waals surface area (Å²) < 4.78 is 11.9. The molecule has 0 heterocycles. The van der Waals surface area contributed by atoms with Gasteiger partial charge in [0.2, 0.25) is 5.91 Å². The highest BCUT2D eigenvalue weighted by molar-refractivity contribution is 7.85. The maximum absolute atomic E-state index is 11.9. The van der Waals surface area contributed by atoms with Gasteiger partial charge in [0.15, 0.2) is 0 Å². The van der Waals surface area contributed by atoms with Crippen molar-refractivity contribution in [3.63, 3.8) is 0 Å². The molecular weight excluding hydrogens is 236 g/mol. The summed E-state index contributed by atoms with van der Waals surface area (Å²) in [5, 5.41) is 0. The van der Waals surface area contributed by atoms with E-state index in [1.54, 1.807) is 6.08 Å². The van der Waals surface area contributed by atoms with Crippen molar-refractivity contribution in [2.24, 2.45) is 0 Å². The van der Waals surface area contributed by atoms with Crippen molar-refractivity contribution in [1.82, 2.24) is 10.9 Å². The smallest absolute Gasteiger partial charge is 0.230 e. The van der Waals surface area contributed by atoms with E-state index in [2.05, 4.69) is 17.4 Å². The molecule has 0 aliphatic carbocycles. The Morgan fingerprint density at radius 3 is 2.82 bits per heavy atom. The van der Waals surface area contributed by atoms with Crippen LogP contribution in [0.25, 0.3) is 0 Å². The summed E-state index contributed by atoms with van der Waals surface area (Å²) in [4.78, 5) is 11.5. The molecule has 1 aromatic rings. The minimum absolute atomic E-state index is 0.158. The molecule has 2 N–H and O–H groups in total. The molecule has 17 heavy (non-hydrogen) atoms. The predicted octanol–water partition coefficient (Wildman–Crippen LogP) is 1.12. The van der Waals surface area contributed by atoms with Gasteiger partial charge in [-0.3, -0.25) is 14.4 Å². The Morgan fingerprint density at radius 2 is 2.18 bits per heavy atom. The Balaban J connectivity index is 2.73. The summed E-state index contributed by atoms with van der Waals surface area (Å²) in [6.07, 6.45) is 1.63. The first-order chi connectivity index (χ1) is 8.15. The zero-order chi connectivity index (χ0) is 12.7. The molecule has 5 heteroatoms. The second-order valence-electron chi connectivity index (χ2n) is 3.44. The summed E-state index contributed by atoms with van der Waals surface area (Å²) in [6, 6.07) is 7.42. The Bertz CT molecular complexity index is 432. The van der Waals surface area contributed by atoms with Gasteiger partial charge < -0.3 is 0 Å². The molecule has 0 aliphatic heterocycles. The van der Waals surface area contributed by atoms with E-state index in [1.165, 1.54) is 6.92 Å². The van der Waals surface area contributed by atoms with E-state index in [1.807, 2.05) is 24.3 Å². The molecule has 92 valence electrons. The van der Waals surface area contributed by atoms with Crippen LogP contribution in [0.5, 0.6) is 0 Å². The van der Waals surface area contributed by atoms with E-state index in [9.17, 15) is 9.00 Å². The third-order valence-electron chi connectivity index (χ3n) is 2.03. The molecule has 0 saturated heterocycles. The van der Waals surface area contributed by atoms with Crippen molar-refractivity contribution in [3.05, 3.63) is 42.5 Å². The van der Waals surface area contributed by atoms with Crippen LogP contribution in [0.4, 0.5) is 0 Å². The van der Waals surface area contributed by atoms with Crippen LogP contribution in [0, 0.1) is 0 Å². The molecule has 1 atom stereocenters. The normalized spacial score (nSPS) is 11.8. The first-order valence-corrected chi connectivity index (χ1v) is 6.53. The maximum atomic E-state index is 11.9. The van der Waals surface area contributed by atoms with Crippen LogP contribution in [0.2, 0.25) is 0 Å². The fourth-order valence-corrected chi connectivity index (χ4v) is 2.39. The fourth-order valence-electron chi connectivity index (χ4n) is 1.33. The van der Waals surface area contributed by atoms with Crippen molar-refractivity contribution < 1.29 is 9.00 Å². The third-order valence-corrected chi connectivity index (χ3v) is 3.46. The summed E-state index contributed by atoms with van der Waals surface area (Å²) in [5.41, 5.74) is 6.17. The number of carbonyl (C=O) groups excluding carboxylic acids is 1. The summed E-state index contributed by atoms with van der Waals surface area (Å²) in [5.74, 6) is 0.270. The first-order valence-electron chi connectivity index (χ1n) is 5.21. The number of nitrogens with one attached hydrogen (secondary N) is 2. The van der Waals surface area contributed by atoms with Crippen molar-refractivity contribution >= 4 is 16.7 Å². The number of rotatable bonds is 6. The standard InChI is InChI=1S/C12H16N2O2S/c1-3-8-17(16)12-7-5-4-6-11(12)9-13-14-10(2)15/h3-7,13H,1,8-9H2,2H3,(H,14,15). The van der Waals surface area contributed by atoms with Gasteiger partial charge in [0.05, 0.1) is 10.8 Å². The average Bonchev–Trinajstić information content (AvgIpc) is 2.29. The maximum Gasteiger partial charge on any atom is 0.230 e. The van der Waals surface area contributed by atoms with E-state index in [4.69, 9.17) is 0 Å². The molecule has 0 radical (unpaired) electrons. The quantitative estimate of drug-likeness (QED) is 0.589. The van der Waals surface area contributed by atoms with Crippen LogP contribution in [0.1, 0.15) is 12.5 Å². The van der Waals surface area contributed by atoms with Crippen molar-refractivity contribution in [2.75, 3.05) is 5.75 Å². The van der Waals surface area contributed by atoms with Crippen LogP contribution in [0.15, 0.2) is 41.8 Å². The lowest BCUT2D eigenvalue weighted by Crippen LogP contribution is -2.35. The Hall–Kier alpha value is -1.46. The highest BCUT2D eigenvalue weighted by Crippen LogP contribution is 2.13. The summed E-state index contributed by atoms with van der Waals surface area (Å²) in [6.45, 7) is 5.44. The molecule has 0 bridgehead atoms. The van der Waals surface area contributed by atoms with Crippen LogP contribution in [-0.2, 0) is 22.1 Å². The first kappa shape index (κ1) is 13.6. The lowest BCUT2D eigenvalue weighted by Gasteiger charge is -2.09. The number of hydrazine groups is 1. The number of benzene rings is 1. The molecule has 0 fully saturated rings. The lowest BCUT2D eigenvalue weighted by atomic mass is 10.2. The highest BCUT2D eigenvalue weighted by atomic mass is 32.2. The Labute approximate surface area is 104 Å². The molecule has 0 aromatic heterocycles. The number of hydrogen-bond donors (Lipinski definition) is 2. The molecule has 1 unspecified atom stereocenters. The Morgan fingerprint density at radius 1 is 1.47 bits per heavy atom. The van der Waals surface area contributed by atoms with Crippen LogP contribution in [0.3, 0.4) is 0 Å². The van der Waals surface area contributed by atoms with Gasteiger partial charge in [-0.1, -0.05) is 24.3 Å². The molecule has 4 nitrogen and oxygen atoms in total. The predicted molar refractivity (Wildman–Crippen MR) is 68.6 cm³/mol. The molecule has 0 spiro atoms. The van der Waals surface area contributed by atoms with Crippen LogP contribution in [-0.4, -0.2) is 15.9 Å². The summed E-state index contributed by atoms with van der Waals surface area (Å²) >= 11 is 0. The van der Waals surface area contributed by atoms with Crippen LogP contribution < -0.4 is 10.9 Å². The lowest BCUT2D eigenvalue weighted by molar-refractivity contribution is -0.119. The van der Waals surface area contributed by atoms with Gasteiger partial charge in [0, 0.05) is 24.1 Å². The SMILES string of the molecule is C=CCS(=O)c1ccccc1CNNC(C)=O. The second kappa shape index (κ2) is 6.98. The molecule has 1 amide bonds. The van der Waals surface area contributed by atoms with Gasteiger partial charge in [-0.15, -0.1) is 6.58 Å². The third kappa shape index (κ3) is 4.50. The monoisotopic (exact) mass is 252 g/mol. The van der Waals surface area contributed by atoms with E-state index in [0.29, 0.717) is 12.3 Å². The number of amides is 1. The van der Waals surface area contributed by atoms with E-state index in [0.717, 1.165) is 10.5 Å². The largest absolute Gasteiger partial charge is 0.292 e. The van der Waals surface area contributed by atoms with Crippen molar-refractivity contribution in [2.45, 2.75) is 18.4 Å². The van der Waals surface area contributed by atoms with E-state index >= 15 is 0 Å². The van der Waals surface area contributed by atoms with Gasteiger partial charge in [-0.2, -0.15) is 0 Å². The average molecular weight is 252 g/mol. The molecule has 1 aromatic carbocycles. The zero-order valence-electron chi connectivity index (χ0n) is 9.73. The second-order valence-corrected chi connectivity index (χ2v) is 4.91. The minimum Gasteiger partial charge on any atom is -0.292 e. The van der Waals surface area contributed by atoms with Gasteiger partial charge in [0.25, 0.3) is 0 Å². The van der Waals surface area contributed by atoms with Gasteiger partial charge >= 0.3 is 0 Å². The molecule has 1 rings (SSSR count). The van der Waals surface area contributed by atoms with Gasteiger partial charge in [0.1, 0.15) is 0 Å². The fraction of sp³-hybridized carbons (Fsp3) is 0.250. The zero-order valence-corrected chi connectivity index (χ0v) is 10.5. The van der Waals surface area contributed by atoms with Gasteiger partial charge in [-0.25, -0.2) is 5.43 Å². The van der Waals surface area contributed by atoms with Crippen molar-refractivity contribution in [3.8, 4) is 0 Å². The topological polar surface area (TPSA) is 58.2 Å². The minimum atomic E-state index is -1.08. The highest BCUT2D eigenvalue weighted by Gasteiger charge is 2.07. The summed E-state index contributed by atoms with van der Waals surface area (Å²) in [7, 11) is -1.08. The Kier molecular flexibility index (Phi) is 5.59. The van der Waals surface area contributed by atoms with Crippen LogP contribution >= 0.6 is 0 Å². The molecule has 0 saturated carbocycles. The van der Waals surface area contributed by atoms with E-state index < -0.39 is 10.8 Å². The number of carbonyl (C=O) groups is 1. The van der Waals surface area contributed by atoms with Gasteiger partial charge in [-0.05, 0) is 11.6 Å².